The number of anilines is 1. The first-order chi connectivity index (χ1) is 8.65. The van der Waals surface area contributed by atoms with E-state index in [0.717, 1.165) is 22.2 Å². The van der Waals surface area contributed by atoms with Gasteiger partial charge in [-0.1, -0.05) is 0 Å². The van der Waals surface area contributed by atoms with Gasteiger partial charge in [0.05, 0.1) is 11.9 Å². The quantitative estimate of drug-likeness (QED) is 0.601. The monoisotopic (exact) mass is 241 g/mol. The minimum atomic E-state index is 0.126. The number of hydrogen-bond acceptors (Lipinski definition) is 5. The minimum Gasteiger partial charge on any atom is -0.508 e. The van der Waals surface area contributed by atoms with Gasteiger partial charge in [-0.15, -0.1) is 5.10 Å². The molecule has 0 spiro atoms. The van der Waals surface area contributed by atoms with Crippen molar-refractivity contribution in [3.63, 3.8) is 0 Å². The predicted molar refractivity (Wildman–Crippen MR) is 67.9 cm³/mol. The Hall–Kier alpha value is -2.63. The van der Waals surface area contributed by atoms with E-state index in [9.17, 15) is 5.11 Å². The van der Waals surface area contributed by atoms with Gasteiger partial charge in [0.1, 0.15) is 5.75 Å². The average molecular weight is 241 g/mol. The van der Waals surface area contributed by atoms with Crippen molar-refractivity contribution >= 4 is 16.9 Å². The molecule has 0 bridgehead atoms. The second kappa shape index (κ2) is 3.69. The second-order valence-corrected chi connectivity index (χ2v) is 4.05. The molecule has 4 N–H and O–H groups in total. The predicted octanol–water partition coefficient (Wildman–Crippen LogP) is 1.62. The lowest BCUT2D eigenvalue weighted by Gasteiger charge is -2.01. The van der Waals surface area contributed by atoms with Gasteiger partial charge in [0.2, 0.25) is 5.95 Å². The summed E-state index contributed by atoms with van der Waals surface area (Å²) in [6, 6.07) is 5.14. The molecule has 0 aliphatic rings. The molecule has 0 saturated heterocycles. The summed E-state index contributed by atoms with van der Waals surface area (Å²) in [4.78, 5) is 7.39. The van der Waals surface area contributed by atoms with E-state index in [1.165, 1.54) is 0 Å². The average Bonchev–Trinajstić information content (AvgIpc) is 2.64. The van der Waals surface area contributed by atoms with Crippen molar-refractivity contribution in [2.75, 3.05) is 5.73 Å². The fourth-order valence-electron chi connectivity index (χ4n) is 2.08. The molecule has 0 aliphatic heterocycles. The molecule has 6 heteroatoms. The Morgan fingerprint density at radius 1 is 1.33 bits per heavy atom. The highest BCUT2D eigenvalue weighted by Gasteiger charge is 2.13. The van der Waals surface area contributed by atoms with E-state index in [2.05, 4.69) is 20.2 Å². The third-order valence-electron chi connectivity index (χ3n) is 2.80. The molecular weight excluding hydrogens is 230 g/mol. The van der Waals surface area contributed by atoms with Gasteiger partial charge in [-0.3, -0.25) is 0 Å². The van der Waals surface area contributed by atoms with Crippen LogP contribution >= 0.6 is 0 Å². The number of phenols is 1. The number of aromatic hydroxyl groups is 1. The maximum absolute atomic E-state index is 9.58. The summed E-state index contributed by atoms with van der Waals surface area (Å²) < 4.78 is 0. The summed E-state index contributed by atoms with van der Waals surface area (Å²) in [5.74, 6) is 0.333. The highest BCUT2D eigenvalue weighted by Crippen LogP contribution is 2.32. The summed E-state index contributed by atoms with van der Waals surface area (Å²) >= 11 is 0. The number of nitrogen functional groups attached to an aromatic ring is 1. The van der Waals surface area contributed by atoms with Crippen molar-refractivity contribution in [2.24, 2.45) is 0 Å². The standard InChI is InChI=1S/C12H11N5O/c1-6-11(10-5-14-17-12(13)16-10)8-4-7(18)2-3-9(8)15-6/h2-5,15,18H,1H3,(H2,13,16,17). The molecule has 3 rings (SSSR count). The summed E-state index contributed by atoms with van der Waals surface area (Å²) in [7, 11) is 0. The zero-order chi connectivity index (χ0) is 12.7. The molecule has 6 nitrogen and oxygen atoms in total. The number of hydrogen-bond donors (Lipinski definition) is 3. The fraction of sp³-hybridized carbons (Fsp3) is 0.0833. The second-order valence-electron chi connectivity index (χ2n) is 4.05. The molecule has 1 aromatic carbocycles. The van der Waals surface area contributed by atoms with Gasteiger partial charge in [-0.25, -0.2) is 4.98 Å². The van der Waals surface area contributed by atoms with Crippen LogP contribution in [-0.4, -0.2) is 25.3 Å². The molecule has 0 atom stereocenters. The van der Waals surface area contributed by atoms with Crippen LogP contribution in [0, 0.1) is 6.92 Å². The van der Waals surface area contributed by atoms with Crippen LogP contribution in [0.5, 0.6) is 5.75 Å². The van der Waals surface area contributed by atoms with E-state index in [1.54, 1.807) is 18.3 Å². The summed E-state index contributed by atoms with van der Waals surface area (Å²) in [5.41, 5.74) is 8.93. The van der Waals surface area contributed by atoms with Gasteiger partial charge in [0.15, 0.2) is 0 Å². The minimum absolute atomic E-state index is 0.126. The number of nitrogens with one attached hydrogen (secondary N) is 1. The van der Waals surface area contributed by atoms with Crippen LogP contribution < -0.4 is 5.73 Å². The Labute approximate surface area is 103 Å². The van der Waals surface area contributed by atoms with Crippen molar-refractivity contribution < 1.29 is 5.11 Å². The Morgan fingerprint density at radius 3 is 2.94 bits per heavy atom. The number of aromatic nitrogens is 4. The smallest absolute Gasteiger partial charge is 0.240 e. The van der Waals surface area contributed by atoms with Crippen molar-refractivity contribution in [1.82, 2.24) is 20.2 Å². The molecule has 0 saturated carbocycles. The number of benzene rings is 1. The van der Waals surface area contributed by atoms with Crippen LogP contribution in [-0.2, 0) is 0 Å². The molecule has 3 aromatic rings. The van der Waals surface area contributed by atoms with Gasteiger partial charge >= 0.3 is 0 Å². The van der Waals surface area contributed by atoms with Crippen LogP contribution in [0.2, 0.25) is 0 Å². The maximum atomic E-state index is 9.58. The van der Waals surface area contributed by atoms with Crippen LogP contribution in [0.4, 0.5) is 5.95 Å². The van der Waals surface area contributed by atoms with Crippen LogP contribution in [0.25, 0.3) is 22.2 Å². The number of nitrogens with two attached hydrogens (primary N) is 1. The van der Waals surface area contributed by atoms with Crippen LogP contribution in [0.15, 0.2) is 24.4 Å². The first kappa shape index (κ1) is 10.5. The zero-order valence-electron chi connectivity index (χ0n) is 9.68. The zero-order valence-corrected chi connectivity index (χ0v) is 9.68. The Kier molecular flexibility index (Phi) is 2.16. The number of nitrogens with zero attached hydrogens (tertiary/aromatic N) is 3. The molecule has 0 radical (unpaired) electrons. The lowest BCUT2D eigenvalue weighted by molar-refractivity contribution is 0.476. The third kappa shape index (κ3) is 1.55. The van der Waals surface area contributed by atoms with Crippen molar-refractivity contribution in [3.05, 3.63) is 30.1 Å². The molecule has 0 fully saturated rings. The van der Waals surface area contributed by atoms with Gasteiger partial charge < -0.3 is 15.8 Å². The first-order valence-electron chi connectivity index (χ1n) is 5.42. The van der Waals surface area contributed by atoms with Crippen molar-refractivity contribution in [1.29, 1.82) is 0 Å². The fourth-order valence-corrected chi connectivity index (χ4v) is 2.08. The highest BCUT2D eigenvalue weighted by atomic mass is 16.3. The van der Waals surface area contributed by atoms with E-state index in [-0.39, 0.29) is 11.7 Å². The topological polar surface area (TPSA) is 101 Å². The normalized spacial score (nSPS) is 10.9. The molecule has 0 aliphatic carbocycles. The number of phenolic OH excluding ortho intramolecular Hbond substituents is 1. The van der Waals surface area contributed by atoms with E-state index in [4.69, 9.17) is 5.73 Å². The third-order valence-corrected chi connectivity index (χ3v) is 2.80. The number of H-pyrrole nitrogens is 1. The van der Waals surface area contributed by atoms with Crippen molar-refractivity contribution in [3.8, 4) is 17.0 Å². The van der Waals surface area contributed by atoms with E-state index in [1.807, 2.05) is 13.0 Å². The Morgan fingerprint density at radius 2 is 2.17 bits per heavy atom. The van der Waals surface area contributed by atoms with Gasteiger partial charge in [0.25, 0.3) is 0 Å². The number of fused-ring (bicyclic) bond motifs is 1. The van der Waals surface area contributed by atoms with Gasteiger partial charge in [-0.2, -0.15) is 5.10 Å². The van der Waals surface area contributed by atoms with E-state index >= 15 is 0 Å². The lowest BCUT2D eigenvalue weighted by atomic mass is 10.1. The molecule has 2 aromatic heterocycles. The highest BCUT2D eigenvalue weighted by molar-refractivity contribution is 5.97. The molecule has 18 heavy (non-hydrogen) atoms. The molecule has 0 amide bonds. The molecule has 90 valence electrons. The van der Waals surface area contributed by atoms with Crippen molar-refractivity contribution in [2.45, 2.75) is 6.92 Å². The van der Waals surface area contributed by atoms with E-state index < -0.39 is 0 Å². The molecule has 0 unspecified atom stereocenters. The van der Waals surface area contributed by atoms with Crippen LogP contribution in [0.1, 0.15) is 5.69 Å². The molecule has 2 heterocycles. The van der Waals surface area contributed by atoms with Gasteiger partial charge in [0, 0.05) is 22.2 Å². The van der Waals surface area contributed by atoms with E-state index in [0.29, 0.717) is 5.69 Å². The number of rotatable bonds is 1. The van der Waals surface area contributed by atoms with Crippen LogP contribution in [0.3, 0.4) is 0 Å². The lowest BCUT2D eigenvalue weighted by Crippen LogP contribution is -1.98. The van der Waals surface area contributed by atoms with Gasteiger partial charge in [-0.05, 0) is 25.1 Å². The SMILES string of the molecule is Cc1[nH]c2ccc(O)cc2c1-c1cnnc(N)n1. The molecular formula is C12H11N5O. The Bertz CT molecular complexity index is 734. The summed E-state index contributed by atoms with van der Waals surface area (Å²) in [6.45, 7) is 1.94. The Balaban J connectivity index is 2.34. The summed E-state index contributed by atoms with van der Waals surface area (Å²) in [6.07, 6.45) is 1.55. The maximum Gasteiger partial charge on any atom is 0.240 e. The largest absolute Gasteiger partial charge is 0.508 e. The number of aromatic amines is 1. The summed E-state index contributed by atoms with van der Waals surface area (Å²) in [5, 5.41) is 17.9. The first-order valence-corrected chi connectivity index (χ1v) is 5.42. The number of aryl methyl sites for hydroxylation is 1.